The molecule has 4 heteroatoms. The highest BCUT2D eigenvalue weighted by atomic mass is 16.5. The van der Waals surface area contributed by atoms with E-state index >= 15 is 0 Å². The molecule has 0 atom stereocenters. The molecule has 1 aromatic carbocycles. The number of hydrogen-bond acceptors (Lipinski definition) is 3. The van der Waals surface area contributed by atoms with Gasteiger partial charge in [0.25, 0.3) is 0 Å². The van der Waals surface area contributed by atoms with Gasteiger partial charge in [-0.15, -0.1) is 0 Å². The van der Waals surface area contributed by atoms with E-state index in [-0.39, 0.29) is 6.61 Å². The number of nitrogens with zero attached hydrogens (tertiary/aromatic N) is 2. The summed E-state index contributed by atoms with van der Waals surface area (Å²) in [6.45, 7) is -0.0172. The van der Waals surface area contributed by atoms with Crippen molar-refractivity contribution in [3.63, 3.8) is 0 Å². The predicted molar refractivity (Wildman–Crippen MR) is 76.9 cm³/mol. The van der Waals surface area contributed by atoms with Gasteiger partial charge in [-0.3, -0.25) is 0 Å². The van der Waals surface area contributed by atoms with Gasteiger partial charge in [0.05, 0.1) is 25.1 Å². The van der Waals surface area contributed by atoms with Gasteiger partial charge in [0.1, 0.15) is 11.4 Å². The first-order chi connectivity index (χ1) is 9.81. The van der Waals surface area contributed by atoms with Crippen molar-refractivity contribution in [2.24, 2.45) is 0 Å². The topological polar surface area (TPSA) is 46.8 Å². The summed E-state index contributed by atoms with van der Waals surface area (Å²) in [5.41, 5.74) is 3.75. The number of aromatic nitrogens is 2. The molecule has 2 aromatic heterocycles. The van der Waals surface area contributed by atoms with Crippen molar-refractivity contribution in [3.05, 3.63) is 65.6 Å². The molecule has 20 heavy (non-hydrogen) atoms. The number of aliphatic hydroxyl groups excluding tert-OH is 1. The van der Waals surface area contributed by atoms with Crippen molar-refractivity contribution in [1.82, 2.24) is 9.38 Å². The minimum absolute atomic E-state index is 0.0172. The minimum atomic E-state index is -0.0172. The Balaban J connectivity index is 1.96. The molecular weight excluding hydrogens is 252 g/mol. The van der Waals surface area contributed by atoms with Crippen molar-refractivity contribution < 1.29 is 9.84 Å². The van der Waals surface area contributed by atoms with Crippen LogP contribution in [0.3, 0.4) is 0 Å². The van der Waals surface area contributed by atoms with Gasteiger partial charge in [-0.2, -0.15) is 0 Å². The predicted octanol–water partition coefficient (Wildman–Crippen LogP) is 2.43. The molecule has 0 saturated carbocycles. The van der Waals surface area contributed by atoms with Crippen LogP contribution in [-0.4, -0.2) is 21.6 Å². The Hall–Kier alpha value is -2.33. The number of methoxy groups -OCH3 is 1. The van der Waals surface area contributed by atoms with E-state index in [9.17, 15) is 5.11 Å². The van der Waals surface area contributed by atoms with E-state index < -0.39 is 0 Å². The average Bonchev–Trinajstić information content (AvgIpc) is 2.85. The lowest BCUT2D eigenvalue weighted by Crippen LogP contribution is -1.97. The zero-order valence-corrected chi connectivity index (χ0v) is 11.3. The van der Waals surface area contributed by atoms with Crippen LogP contribution in [0.25, 0.3) is 5.65 Å². The first-order valence-corrected chi connectivity index (χ1v) is 6.50. The zero-order chi connectivity index (χ0) is 13.9. The molecule has 1 N–H and O–H groups in total. The van der Waals surface area contributed by atoms with E-state index in [0.717, 1.165) is 28.3 Å². The lowest BCUT2D eigenvalue weighted by atomic mass is 10.1. The van der Waals surface area contributed by atoms with Gasteiger partial charge in [0, 0.05) is 12.6 Å². The smallest absolute Gasteiger partial charge is 0.137 e. The molecule has 102 valence electrons. The van der Waals surface area contributed by atoms with Crippen LogP contribution in [0.15, 0.2) is 48.7 Å². The summed E-state index contributed by atoms with van der Waals surface area (Å²) in [4.78, 5) is 4.59. The number of fused-ring (bicyclic) bond motifs is 1. The van der Waals surface area contributed by atoms with Crippen LogP contribution < -0.4 is 4.74 Å². The highest BCUT2D eigenvalue weighted by molar-refractivity contribution is 5.44. The van der Waals surface area contributed by atoms with Gasteiger partial charge >= 0.3 is 0 Å². The van der Waals surface area contributed by atoms with Crippen LogP contribution in [0, 0.1) is 0 Å². The second kappa shape index (κ2) is 5.35. The second-order valence-electron chi connectivity index (χ2n) is 4.62. The van der Waals surface area contributed by atoms with Crippen molar-refractivity contribution in [3.8, 4) is 5.75 Å². The fraction of sp³-hybridized carbons (Fsp3) is 0.188. The molecule has 0 amide bonds. The summed E-state index contributed by atoms with van der Waals surface area (Å²) in [7, 11) is 1.65. The largest absolute Gasteiger partial charge is 0.497 e. The highest BCUT2D eigenvalue weighted by Crippen LogP contribution is 2.18. The third-order valence-corrected chi connectivity index (χ3v) is 3.39. The van der Waals surface area contributed by atoms with Gasteiger partial charge in [-0.05, 0) is 29.8 Å². The first kappa shape index (κ1) is 12.7. The fourth-order valence-electron chi connectivity index (χ4n) is 2.34. The second-order valence-corrected chi connectivity index (χ2v) is 4.62. The fourth-order valence-corrected chi connectivity index (χ4v) is 2.34. The number of aliphatic hydroxyl groups is 1. The lowest BCUT2D eigenvalue weighted by molar-refractivity contribution is 0.274. The van der Waals surface area contributed by atoms with Gasteiger partial charge in [0.15, 0.2) is 0 Å². The summed E-state index contributed by atoms with van der Waals surface area (Å²) in [6, 6.07) is 13.7. The van der Waals surface area contributed by atoms with Gasteiger partial charge in [-0.25, -0.2) is 4.98 Å². The van der Waals surface area contributed by atoms with Crippen LogP contribution in [-0.2, 0) is 13.0 Å². The average molecular weight is 268 g/mol. The van der Waals surface area contributed by atoms with Crippen molar-refractivity contribution in [2.75, 3.05) is 7.11 Å². The molecule has 0 bridgehead atoms. The Kier molecular flexibility index (Phi) is 3.39. The zero-order valence-electron chi connectivity index (χ0n) is 11.3. The third-order valence-electron chi connectivity index (χ3n) is 3.39. The molecular formula is C16H16N2O2. The summed E-state index contributed by atoms with van der Waals surface area (Å²) < 4.78 is 7.08. The maximum atomic E-state index is 9.58. The van der Waals surface area contributed by atoms with E-state index in [1.165, 1.54) is 0 Å². The van der Waals surface area contributed by atoms with Gasteiger partial charge < -0.3 is 14.2 Å². The number of pyridine rings is 1. The SMILES string of the molecule is COc1ccc(Cc2nc3ccccn3c2CO)cc1. The number of ether oxygens (including phenoxy) is 1. The molecule has 0 saturated heterocycles. The third kappa shape index (κ3) is 2.26. The molecule has 0 aliphatic rings. The highest BCUT2D eigenvalue weighted by Gasteiger charge is 2.11. The Morgan fingerprint density at radius 1 is 1.15 bits per heavy atom. The van der Waals surface area contributed by atoms with E-state index in [2.05, 4.69) is 4.98 Å². The first-order valence-electron chi connectivity index (χ1n) is 6.50. The molecule has 2 heterocycles. The van der Waals surface area contributed by atoms with E-state index in [0.29, 0.717) is 6.42 Å². The van der Waals surface area contributed by atoms with E-state index in [1.807, 2.05) is 53.1 Å². The van der Waals surface area contributed by atoms with Crippen LogP contribution in [0.4, 0.5) is 0 Å². The normalized spacial score (nSPS) is 10.9. The van der Waals surface area contributed by atoms with E-state index in [1.54, 1.807) is 7.11 Å². The van der Waals surface area contributed by atoms with Crippen molar-refractivity contribution in [1.29, 1.82) is 0 Å². The molecule has 0 unspecified atom stereocenters. The Morgan fingerprint density at radius 3 is 2.65 bits per heavy atom. The standard InChI is InChI=1S/C16H16N2O2/c1-20-13-7-5-12(6-8-13)10-14-15(11-19)18-9-3-2-4-16(18)17-14/h2-9,19H,10-11H2,1H3. The monoisotopic (exact) mass is 268 g/mol. The molecule has 0 radical (unpaired) electrons. The molecule has 3 aromatic rings. The summed E-state index contributed by atoms with van der Waals surface area (Å²) in [5, 5.41) is 9.58. The molecule has 4 nitrogen and oxygen atoms in total. The van der Waals surface area contributed by atoms with Crippen LogP contribution in [0.2, 0.25) is 0 Å². The van der Waals surface area contributed by atoms with Crippen molar-refractivity contribution in [2.45, 2.75) is 13.0 Å². The minimum Gasteiger partial charge on any atom is -0.497 e. The summed E-state index contributed by atoms with van der Waals surface area (Å²) >= 11 is 0. The molecule has 0 aliphatic heterocycles. The number of imidazole rings is 1. The molecule has 3 rings (SSSR count). The number of rotatable bonds is 4. The summed E-state index contributed by atoms with van der Waals surface area (Å²) in [6.07, 6.45) is 2.62. The van der Waals surface area contributed by atoms with E-state index in [4.69, 9.17) is 4.74 Å². The lowest BCUT2D eigenvalue weighted by Gasteiger charge is -2.04. The molecule has 0 fully saturated rings. The maximum Gasteiger partial charge on any atom is 0.137 e. The maximum absolute atomic E-state index is 9.58. The Morgan fingerprint density at radius 2 is 1.95 bits per heavy atom. The van der Waals surface area contributed by atoms with Gasteiger partial charge in [-0.1, -0.05) is 18.2 Å². The summed E-state index contributed by atoms with van der Waals surface area (Å²) in [5.74, 6) is 0.839. The van der Waals surface area contributed by atoms with Crippen LogP contribution >= 0.6 is 0 Å². The number of benzene rings is 1. The molecule has 0 aliphatic carbocycles. The van der Waals surface area contributed by atoms with Crippen molar-refractivity contribution >= 4 is 5.65 Å². The van der Waals surface area contributed by atoms with Crippen LogP contribution in [0.1, 0.15) is 17.0 Å². The van der Waals surface area contributed by atoms with Crippen LogP contribution in [0.5, 0.6) is 5.75 Å². The molecule has 0 spiro atoms. The Bertz CT molecular complexity index is 717. The quantitative estimate of drug-likeness (QED) is 0.790. The Labute approximate surface area is 117 Å². The van der Waals surface area contributed by atoms with Gasteiger partial charge in [0.2, 0.25) is 0 Å². The number of hydrogen-bond donors (Lipinski definition) is 1.